The summed E-state index contributed by atoms with van der Waals surface area (Å²) in [4.78, 5) is 21.7. The summed E-state index contributed by atoms with van der Waals surface area (Å²) in [6.45, 7) is 1.43. The van der Waals surface area contributed by atoms with Gasteiger partial charge in [-0.15, -0.1) is 0 Å². The van der Waals surface area contributed by atoms with E-state index in [1.807, 2.05) is 0 Å². The zero-order valence-electron chi connectivity index (χ0n) is 9.24. The van der Waals surface area contributed by atoms with Gasteiger partial charge in [0.2, 0.25) is 0 Å². The lowest BCUT2D eigenvalue weighted by molar-refractivity contribution is -0.147. The molecule has 15 heavy (non-hydrogen) atoms. The molecular weight excluding hydrogens is 196 g/mol. The minimum absolute atomic E-state index is 0.346. The Morgan fingerprint density at radius 3 is 2.20 bits per heavy atom. The van der Waals surface area contributed by atoms with Gasteiger partial charge in [0.25, 0.3) is 0 Å². The lowest BCUT2D eigenvalue weighted by Gasteiger charge is -2.08. The zero-order valence-corrected chi connectivity index (χ0v) is 9.24. The molecule has 1 unspecified atom stereocenters. The van der Waals surface area contributed by atoms with E-state index in [0.29, 0.717) is 6.42 Å². The Hall–Kier alpha value is -0.900. The van der Waals surface area contributed by atoms with Crippen molar-refractivity contribution >= 4 is 11.8 Å². The van der Waals surface area contributed by atoms with Gasteiger partial charge < -0.3 is 10.2 Å². The van der Waals surface area contributed by atoms with Crippen LogP contribution < -0.4 is 0 Å². The van der Waals surface area contributed by atoms with Crippen molar-refractivity contribution in [2.75, 3.05) is 6.61 Å². The van der Waals surface area contributed by atoms with Crippen molar-refractivity contribution in [2.24, 2.45) is 5.92 Å². The van der Waals surface area contributed by atoms with Gasteiger partial charge >= 0.3 is 5.97 Å². The number of carbonyl (C=O) groups excluding carboxylic acids is 1. The van der Waals surface area contributed by atoms with Crippen molar-refractivity contribution < 1.29 is 19.8 Å². The van der Waals surface area contributed by atoms with Gasteiger partial charge in [0.05, 0.1) is 0 Å². The van der Waals surface area contributed by atoms with E-state index in [1.165, 1.54) is 0 Å². The van der Waals surface area contributed by atoms with Crippen LogP contribution in [0.4, 0.5) is 0 Å². The Labute approximate surface area is 90.3 Å². The highest BCUT2D eigenvalue weighted by Crippen LogP contribution is 2.13. The van der Waals surface area contributed by atoms with Crippen molar-refractivity contribution in [3.8, 4) is 0 Å². The molecule has 2 N–H and O–H groups in total. The van der Waals surface area contributed by atoms with Gasteiger partial charge in [0.1, 0.15) is 12.5 Å². The van der Waals surface area contributed by atoms with Gasteiger partial charge in [-0.2, -0.15) is 0 Å². The van der Waals surface area contributed by atoms with Crippen molar-refractivity contribution in [1.29, 1.82) is 0 Å². The van der Waals surface area contributed by atoms with E-state index in [9.17, 15) is 9.59 Å². The van der Waals surface area contributed by atoms with Crippen molar-refractivity contribution in [1.82, 2.24) is 0 Å². The molecule has 0 bridgehead atoms. The van der Waals surface area contributed by atoms with E-state index in [2.05, 4.69) is 6.92 Å². The second-order valence-electron chi connectivity index (χ2n) is 3.72. The van der Waals surface area contributed by atoms with E-state index in [4.69, 9.17) is 10.2 Å². The number of carboxylic acid groups (broad SMARTS) is 1. The van der Waals surface area contributed by atoms with Gasteiger partial charge in [-0.1, -0.05) is 39.0 Å². The third kappa shape index (κ3) is 6.23. The van der Waals surface area contributed by atoms with Crippen molar-refractivity contribution in [2.45, 2.75) is 45.4 Å². The second kappa shape index (κ2) is 8.41. The smallest absolute Gasteiger partial charge is 0.314 e. The minimum atomic E-state index is -1.12. The fourth-order valence-corrected chi connectivity index (χ4v) is 1.48. The fraction of sp³-hybridized carbons (Fsp3) is 0.818. The number of hydrogen-bond acceptors (Lipinski definition) is 3. The Kier molecular flexibility index (Phi) is 7.91. The standard InChI is InChI=1S/C11H20O4/c1-2-3-4-5-6-7-9(11(14)15)10(13)8-12/h9,12H,2-8H2,1H3,(H,14,15). The van der Waals surface area contributed by atoms with Gasteiger partial charge in [-0.25, -0.2) is 0 Å². The second-order valence-corrected chi connectivity index (χ2v) is 3.72. The SMILES string of the molecule is CCCCCCCC(C(=O)O)C(=O)CO. The van der Waals surface area contributed by atoms with Gasteiger partial charge in [-0.05, 0) is 6.42 Å². The quantitative estimate of drug-likeness (QED) is 0.453. The van der Waals surface area contributed by atoms with Gasteiger partial charge in [-0.3, -0.25) is 9.59 Å². The molecule has 0 amide bonds. The maximum atomic E-state index is 11.0. The average molecular weight is 216 g/mol. The van der Waals surface area contributed by atoms with Crippen LogP contribution in [0.3, 0.4) is 0 Å². The van der Waals surface area contributed by atoms with E-state index in [1.54, 1.807) is 0 Å². The number of Topliss-reactive ketones (excluding diaryl/α,β-unsaturated/α-hetero) is 1. The number of aliphatic hydroxyl groups excluding tert-OH is 1. The van der Waals surface area contributed by atoms with E-state index >= 15 is 0 Å². The maximum absolute atomic E-state index is 11.0. The molecule has 0 heterocycles. The molecule has 4 nitrogen and oxygen atoms in total. The molecule has 0 aromatic rings. The molecule has 1 atom stereocenters. The highest BCUT2D eigenvalue weighted by Gasteiger charge is 2.24. The molecule has 0 saturated carbocycles. The van der Waals surface area contributed by atoms with E-state index < -0.39 is 24.3 Å². The van der Waals surface area contributed by atoms with Crippen LogP contribution in [0.2, 0.25) is 0 Å². The monoisotopic (exact) mass is 216 g/mol. The Morgan fingerprint density at radius 2 is 1.73 bits per heavy atom. The highest BCUT2D eigenvalue weighted by atomic mass is 16.4. The molecule has 0 fully saturated rings. The molecule has 4 heteroatoms. The topological polar surface area (TPSA) is 74.6 Å². The summed E-state index contributed by atoms with van der Waals surface area (Å²) in [5.74, 6) is -2.72. The number of aliphatic carboxylic acids is 1. The zero-order chi connectivity index (χ0) is 11.7. The molecule has 0 aliphatic rings. The van der Waals surface area contributed by atoms with Gasteiger partial charge in [0, 0.05) is 0 Å². The Balaban J connectivity index is 3.77. The first-order chi connectivity index (χ1) is 7.13. The van der Waals surface area contributed by atoms with E-state index in [0.717, 1.165) is 32.1 Å². The minimum Gasteiger partial charge on any atom is -0.481 e. The summed E-state index contributed by atoms with van der Waals surface area (Å²) in [6.07, 6.45) is 5.40. The average Bonchev–Trinajstić information content (AvgIpc) is 2.22. The Bertz CT molecular complexity index is 201. The molecule has 0 aliphatic carbocycles. The molecule has 0 rings (SSSR count). The fourth-order valence-electron chi connectivity index (χ4n) is 1.48. The number of ketones is 1. The van der Waals surface area contributed by atoms with Crippen LogP contribution in [0.1, 0.15) is 45.4 Å². The third-order valence-corrected chi connectivity index (χ3v) is 2.44. The predicted molar refractivity (Wildman–Crippen MR) is 56.6 cm³/mol. The van der Waals surface area contributed by atoms with Crippen LogP contribution in [0, 0.1) is 5.92 Å². The predicted octanol–water partition coefficient (Wildman–Crippen LogP) is 1.61. The van der Waals surface area contributed by atoms with Crippen LogP contribution in [-0.2, 0) is 9.59 Å². The number of hydrogen-bond donors (Lipinski definition) is 2. The number of unbranched alkanes of at least 4 members (excludes halogenated alkanes) is 4. The van der Waals surface area contributed by atoms with Crippen LogP contribution in [-0.4, -0.2) is 28.6 Å². The molecule has 0 aliphatic heterocycles. The highest BCUT2D eigenvalue weighted by molar-refractivity contribution is 5.98. The summed E-state index contributed by atoms with van der Waals surface area (Å²) < 4.78 is 0. The third-order valence-electron chi connectivity index (χ3n) is 2.44. The van der Waals surface area contributed by atoms with Crippen LogP contribution in [0.15, 0.2) is 0 Å². The summed E-state index contributed by atoms with van der Waals surface area (Å²) in [7, 11) is 0. The lowest BCUT2D eigenvalue weighted by atomic mass is 9.97. The number of carbonyl (C=O) groups is 2. The Morgan fingerprint density at radius 1 is 1.13 bits per heavy atom. The lowest BCUT2D eigenvalue weighted by Crippen LogP contribution is -2.26. The number of rotatable bonds is 9. The first-order valence-corrected chi connectivity index (χ1v) is 5.49. The molecule has 0 aromatic carbocycles. The van der Waals surface area contributed by atoms with Crippen molar-refractivity contribution in [3.63, 3.8) is 0 Å². The molecule has 0 aromatic heterocycles. The van der Waals surface area contributed by atoms with Crippen LogP contribution in [0.25, 0.3) is 0 Å². The van der Waals surface area contributed by atoms with Crippen molar-refractivity contribution in [3.05, 3.63) is 0 Å². The van der Waals surface area contributed by atoms with Crippen LogP contribution in [0.5, 0.6) is 0 Å². The maximum Gasteiger partial charge on any atom is 0.314 e. The molecule has 0 spiro atoms. The van der Waals surface area contributed by atoms with Gasteiger partial charge in [0.15, 0.2) is 5.78 Å². The summed E-state index contributed by atoms with van der Waals surface area (Å²) in [5, 5.41) is 17.3. The summed E-state index contributed by atoms with van der Waals surface area (Å²) in [5.41, 5.74) is 0. The summed E-state index contributed by atoms with van der Waals surface area (Å²) >= 11 is 0. The molecule has 0 radical (unpaired) electrons. The first kappa shape index (κ1) is 14.1. The normalized spacial score (nSPS) is 12.4. The van der Waals surface area contributed by atoms with Crippen LogP contribution >= 0.6 is 0 Å². The molecular formula is C11H20O4. The number of aliphatic hydroxyl groups is 1. The first-order valence-electron chi connectivity index (χ1n) is 5.49. The number of carboxylic acids is 1. The summed E-state index contributed by atoms with van der Waals surface area (Å²) in [6, 6.07) is 0. The largest absolute Gasteiger partial charge is 0.481 e. The molecule has 88 valence electrons. The van der Waals surface area contributed by atoms with E-state index in [-0.39, 0.29) is 0 Å². The molecule has 0 saturated heterocycles.